The van der Waals surface area contributed by atoms with Crippen LogP contribution in [-0.2, 0) is 4.79 Å². The first-order valence-corrected chi connectivity index (χ1v) is 6.62. The highest BCUT2D eigenvalue weighted by Gasteiger charge is 2.33. The van der Waals surface area contributed by atoms with Gasteiger partial charge >= 0.3 is 0 Å². The number of carbonyl (C=O) groups is 1. The smallest absolute Gasteiger partial charge is 0.237 e. The molecule has 0 spiro atoms. The van der Waals surface area contributed by atoms with E-state index in [1.165, 1.54) is 25.7 Å². The number of nitrogens with one attached hydrogen (secondary N) is 2. The molecule has 1 fully saturated rings. The third-order valence-electron chi connectivity index (χ3n) is 3.77. The number of carbonyl (C=O) groups excluding carboxylic acids is 1. The Bertz CT molecular complexity index is 273. The molecule has 0 aromatic heterocycles. The molecule has 1 aliphatic rings. The lowest BCUT2D eigenvalue weighted by Crippen LogP contribution is -2.52. The van der Waals surface area contributed by atoms with Crippen LogP contribution in [0.2, 0.25) is 0 Å². The summed E-state index contributed by atoms with van der Waals surface area (Å²) in [4.78, 5) is 11.8. The minimum Gasteiger partial charge on any atom is -0.351 e. The van der Waals surface area contributed by atoms with Crippen LogP contribution in [0.5, 0.6) is 0 Å². The molecule has 0 aromatic carbocycles. The SMILES string of the molecule is C=CCNC(=O)C(C)NC1CCCCC1(C)C. The van der Waals surface area contributed by atoms with Gasteiger partial charge in [0, 0.05) is 12.6 Å². The minimum atomic E-state index is -0.127. The van der Waals surface area contributed by atoms with Crippen molar-refractivity contribution in [2.75, 3.05) is 6.54 Å². The standard InChI is InChI=1S/C14H26N2O/c1-5-10-15-13(17)11(2)16-12-8-6-7-9-14(12,3)4/h5,11-12,16H,1,6-10H2,2-4H3,(H,15,17). The van der Waals surface area contributed by atoms with Crippen LogP contribution in [0.25, 0.3) is 0 Å². The summed E-state index contributed by atoms with van der Waals surface area (Å²) in [7, 11) is 0. The molecule has 17 heavy (non-hydrogen) atoms. The molecule has 0 aliphatic heterocycles. The van der Waals surface area contributed by atoms with Crippen LogP contribution in [0.1, 0.15) is 46.5 Å². The van der Waals surface area contributed by atoms with E-state index in [2.05, 4.69) is 31.1 Å². The second kappa shape index (κ2) is 6.20. The molecule has 2 N–H and O–H groups in total. The molecule has 1 rings (SSSR count). The first-order chi connectivity index (χ1) is 7.97. The second-order valence-electron chi connectivity index (χ2n) is 5.71. The molecule has 0 saturated heterocycles. The van der Waals surface area contributed by atoms with E-state index < -0.39 is 0 Å². The molecule has 1 amide bonds. The normalized spacial score (nSPS) is 25.0. The summed E-state index contributed by atoms with van der Waals surface area (Å²) in [5.41, 5.74) is 0.297. The largest absolute Gasteiger partial charge is 0.351 e. The summed E-state index contributed by atoms with van der Waals surface area (Å²) < 4.78 is 0. The Balaban J connectivity index is 2.46. The predicted octanol–water partition coefficient (Wildman–Crippen LogP) is 2.24. The average Bonchev–Trinajstić information content (AvgIpc) is 2.28. The molecule has 2 atom stereocenters. The van der Waals surface area contributed by atoms with Crippen LogP contribution in [0.3, 0.4) is 0 Å². The predicted molar refractivity (Wildman–Crippen MR) is 71.8 cm³/mol. The van der Waals surface area contributed by atoms with Crippen LogP contribution in [-0.4, -0.2) is 24.5 Å². The zero-order valence-electron chi connectivity index (χ0n) is 11.4. The quantitative estimate of drug-likeness (QED) is 0.721. The second-order valence-corrected chi connectivity index (χ2v) is 5.71. The lowest BCUT2D eigenvalue weighted by atomic mass is 9.73. The Kier molecular flexibility index (Phi) is 5.19. The molecule has 0 bridgehead atoms. The van der Waals surface area contributed by atoms with E-state index in [4.69, 9.17) is 0 Å². The topological polar surface area (TPSA) is 41.1 Å². The summed E-state index contributed by atoms with van der Waals surface area (Å²) in [6, 6.07) is 0.318. The van der Waals surface area contributed by atoms with Crippen molar-refractivity contribution in [3.63, 3.8) is 0 Å². The number of rotatable bonds is 5. The highest BCUT2D eigenvalue weighted by atomic mass is 16.2. The van der Waals surface area contributed by atoms with Gasteiger partial charge in [-0.05, 0) is 25.2 Å². The zero-order valence-corrected chi connectivity index (χ0v) is 11.4. The molecular weight excluding hydrogens is 212 g/mol. The maximum absolute atomic E-state index is 11.8. The van der Waals surface area contributed by atoms with Gasteiger partial charge < -0.3 is 10.6 Å². The van der Waals surface area contributed by atoms with E-state index in [9.17, 15) is 4.79 Å². The molecule has 0 heterocycles. The van der Waals surface area contributed by atoms with Crippen LogP contribution < -0.4 is 10.6 Å². The summed E-state index contributed by atoms with van der Waals surface area (Å²) in [5.74, 6) is 0.0614. The molecule has 2 unspecified atom stereocenters. The van der Waals surface area contributed by atoms with Crippen molar-refractivity contribution in [3.05, 3.63) is 12.7 Å². The van der Waals surface area contributed by atoms with Gasteiger partial charge in [-0.15, -0.1) is 6.58 Å². The Morgan fingerprint density at radius 1 is 1.53 bits per heavy atom. The van der Waals surface area contributed by atoms with Gasteiger partial charge in [0.1, 0.15) is 0 Å². The average molecular weight is 238 g/mol. The lowest BCUT2D eigenvalue weighted by molar-refractivity contribution is -0.123. The van der Waals surface area contributed by atoms with E-state index in [1.54, 1.807) is 6.08 Å². The van der Waals surface area contributed by atoms with Gasteiger partial charge in [-0.3, -0.25) is 4.79 Å². The molecule has 98 valence electrons. The van der Waals surface area contributed by atoms with Gasteiger partial charge in [-0.2, -0.15) is 0 Å². The van der Waals surface area contributed by atoms with Crippen LogP contribution in [0, 0.1) is 5.41 Å². The Morgan fingerprint density at radius 2 is 2.24 bits per heavy atom. The number of hydrogen-bond donors (Lipinski definition) is 2. The third kappa shape index (κ3) is 4.15. The van der Waals surface area contributed by atoms with E-state index in [-0.39, 0.29) is 11.9 Å². The van der Waals surface area contributed by atoms with Crippen molar-refractivity contribution in [1.82, 2.24) is 10.6 Å². The lowest BCUT2D eigenvalue weighted by Gasteiger charge is -2.40. The van der Waals surface area contributed by atoms with Crippen LogP contribution in [0.15, 0.2) is 12.7 Å². The van der Waals surface area contributed by atoms with Crippen LogP contribution >= 0.6 is 0 Å². The first-order valence-electron chi connectivity index (χ1n) is 6.62. The first kappa shape index (κ1) is 14.2. The van der Waals surface area contributed by atoms with Crippen molar-refractivity contribution in [2.24, 2.45) is 5.41 Å². The van der Waals surface area contributed by atoms with E-state index >= 15 is 0 Å². The fourth-order valence-corrected chi connectivity index (χ4v) is 2.51. The van der Waals surface area contributed by atoms with Crippen molar-refractivity contribution in [2.45, 2.75) is 58.5 Å². The Hall–Kier alpha value is -0.830. The van der Waals surface area contributed by atoms with Crippen molar-refractivity contribution >= 4 is 5.91 Å². The van der Waals surface area contributed by atoms with Gasteiger partial charge in [0.05, 0.1) is 6.04 Å². The van der Waals surface area contributed by atoms with Gasteiger partial charge in [0.2, 0.25) is 5.91 Å². The maximum atomic E-state index is 11.8. The molecule has 3 nitrogen and oxygen atoms in total. The number of amides is 1. The van der Waals surface area contributed by atoms with Gasteiger partial charge in [0.25, 0.3) is 0 Å². The maximum Gasteiger partial charge on any atom is 0.237 e. The molecule has 1 aliphatic carbocycles. The van der Waals surface area contributed by atoms with Crippen molar-refractivity contribution in [3.8, 4) is 0 Å². The van der Waals surface area contributed by atoms with E-state index in [1.807, 2.05) is 6.92 Å². The van der Waals surface area contributed by atoms with Crippen molar-refractivity contribution in [1.29, 1.82) is 0 Å². The van der Waals surface area contributed by atoms with E-state index in [0.717, 1.165) is 0 Å². The molecule has 0 aromatic rings. The molecule has 1 saturated carbocycles. The number of hydrogen-bond acceptors (Lipinski definition) is 2. The summed E-state index contributed by atoms with van der Waals surface area (Å²) in [5, 5.41) is 6.30. The zero-order chi connectivity index (χ0) is 12.9. The third-order valence-corrected chi connectivity index (χ3v) is 3.77. The monoisotopic (exact) mass is 238 g/mol. The van der Waals surface area contributed by atoms with Gasteiger partial charge in [-0.25, -0.2) is 0 Å². The molecular formula is C14H26N2O. The Morgan fingerprint density at radius 3 is 2.82 bits per heavy atom. The molecule has 3 heteroatoms. The minimum absolute atomic E-state index is 0.0614. The van der Waals surface area contributed by atoms with E-state index in [0.29, 0.717) is 18.0 Å². The fraction of sp³-hybridized carbons (Fsp3) is 0.786. The Labute approximate surface area is 105 Å². The van der Waals surface area contributed by atoms with Crippen LogP contribution in [0.4, 0.5) is 0 Å². The summed E-state index contributed by atoms with van der Waals surface area (Å²) in [6.07, 6.45) is 6.69. The molecule has 0 radical (unpaired) electrons. The fourth-order valence-electron chi connectivity index (χ4n) is 2.51. The van der Waals surface area contributed by atoms with Gasteiger partial charge in [-0.1, -0.05) is 32.8 Å². The van der Waals surface area contributed by atoms with Crippen molar-refractivity contribution < 1.29 is 4.79 Å². The summed E-state index contributed by atoms with van der Waals surface area (Å²) >= 11 is 0. The van der Waals surface area contributed by atoms with Gasteiger partial charge in [0.15, 0.2) is 0 Å². The summed E-state index contributed by atoms with van der Waals surface area (Å²) in [6.45, 7) is 10.6. The highest BCUT2D eigenvalue weighted by Crippen LogP contribution is 2.35. The highest BCUT2D eigenvalue weighted by molar-refractivity contribution is 5.81.